The highest BCUT2D eigenvalue weighted by atomic mass is 35.5. The largest absolute Gasteiger partial charge is 0.496 e. The molecule has 0 saturated carbocycles. The first-order valence-electron chi connectivity index (χ1n) is 8.95. The smallest absolute Gasteiger partial charge is 0.262 e. The van der Waals surface area contributed by atoms with E-state index in [1.165, 1.54) is 0 Å². The number of benzene rings is 3. The number of amides is 1. The number of hydrogen-bond donors (Lipinski definition) is 1. The normalized spacial score (nSPS) is 10.8. The summed E-state index contributed by atoms with van der Waals surface area (Å²) in [5, 5.41) is 3.59. The van der Waals surface area contributed by atoms with Crippen LogP contribution >= 0.6 is 23.2 Å². The molecular weight excluding hydrogens is 427 g/mol. The minimum Gasteiger partial charge on any atom is -0.496 e. The first-order valence-corrected chi connectivity index (χ1v) is 9.71. The SMILES string of the molecule is COc1ccccc1-c1nc2ccc(NC(=O)COc3ccc(Cl)cc3Cl)cc2o1. The van der Waals surface area contributed by atoms with E-state index in [1.807, 2.05) is 24.3 Å². The van der Waals surface area contributed by atoms with Crippen LogP contribution in [0.5, 0.6) is 11.5 Å². The van der Waals surface area contributed by atoms with E-state index in [-0.39, 0.29) is 12.5 Å². The Kier molecular flexibility index (Phi) is 5.79. The zero-order chi connectivity index (χ0) is 21.1. The first-order chi connectivity index (χ1) is 14.5. The summed E-state index contributed by atoms with van der Waals surface area (Å²) in [4.78, 5) is 16.7. The molecule has 0 aliphatic rings. The molecule has 0 saturated heterocycles. The van der Waals surface area contributed by atoms with E-state index in [0.717, 1.165) is 5.56 Å². The van der Waals surface area contributed by atoms with Crippen LogP contribution in [0.1, 0.15) is 0 Å². The van der Waals surface area contributed by atoms with Crippen LogP contribution in [0.4, 0.5) is 5.69 Å². The van der Waals surface area contributed by atoms with Crippen molar-refractivity contribution in [1.82, 2.24) is 4.98 Å². The average Bonchev–Trinajstić information content (AvgIpc) is 3.16. The fraction of sp³-hybridized carbons (Fsp3) is 0.0909. The average molecular weight is 443 g/mol. The number of fused-ring (bicyclic) bond motifs is 1. The molecule has 0 aliphatic carbocycles. The molecule has 0 radical (unpaired) electrons. The number of anilines is 1. The number of methoxy groups -OCH3 is 1. The van der Waals surface area contributed by atoms with Crippen molar-refractivity contribution in [1.29, 1.82) is 0 Å². The molecule has 1 amide bonds. The number of rotatable bonds is 6. The van der Waals surface area contributed by atoms with Gasteiger partial charge in [0.15, 0.2) is 12.2 Å². The van der Waals surface area contributed by atoms with Gasteiger partial charge in [-0.1, -0.05) is 35.3 Å². The number of carbonyl (C=O) groups excluding carboxylic acids is 1. The Morgan fingerprint density at radius 1 is 1.07 bits per heavy atom. The van der Waals surface area contributed by atoms with Gasteiger partial charge in [-0.2, -0.15) is 0 Å². The summed E-state index contributed by atoms with van der Waals surface area (Å²) in [6.07, 6.45) is 0. The maximum Gasteiger partial charge on any atom is 0.262 e. The number of aromatic nitrogens is 1. The highest BCUT2D eigenvalue weighted by Gasteiger charge is 2.14. The van der Waals surface area contributed by atoms with Crippen molar-refractivity contribution in [2.24, 2.45) is 0 Å². The molecule has 0 unspecified atom stereocenters. The van der Waals surface area contributed by atoms with Gasteiger partial charge in [0.25, 0.3) is 5.91 Å². The molecule has 0 spiro atoms. The lowest BCUT2D eigenvalue weighted by molar-refractivity contribution is -0.118. The standard InChI is InChI=1S/C22H16Cl2N2O4/c1-28-18-5-3-2-4-15(18)22-26-17-8-7-14(11-20(17)30-22)25-21(27)12-29-19-9-6-13(23)10-16(19)24/h2-11H,12H2,1H3,(H,25,27). The van der Waals surface area contributed by atoms with Crippen LogP contribution in [0.15, 0.2) is 65.1 Å². The van der Waals surface area contributed by atoms with E-state index in [1.54, 1.807) is 43.5 Å². The summed E-state index contributed by atoms with van der Waals surface area (Å²) in [5.41, 5.74) is 2.50. The summed E-state index contributed by atoms with van der Waals surface area (Å²) in [6.45, 7) is -0.206. The van der Waals surface area contributed by atoms with Crippen molar-refractivity contribution < 1.29 is 18.7 Å². The topological polar surface area (TPSA) is 73.6 Å². The van der Waals surface area contributed by atoms with Gasteiger partial charge in [0, 0.05) is 16.8 Å². The zero-order valence-electron chi connectivity index (χ0n) is 15.8. The molecule has 0 fully saturated rings. The van der Waals surface area contributed by atoms with Gasteiger partial charge in [-0.05, 0) is 42.5 Å². The zero-order valence-corrected chi connectivity index (χ0v) is 17.3. The van der Waals surface area contributed by atoms with Crippen molar-refractivity contribution in [3.05, 3.63) is 70.7 Å². The van der Waals surface area contributed by atoms with Crippen molar-refractivity contribution in [2.45, 2.75) is 0 Å². The summed E-state index contributed by atoms with van der Waals surface area (Å²) >= 11 is 11.9. The van der Waals surface area contributed by atoms with Crippen molar-refractivity contribution >= 4 is 45.9 Å². The van der Waals surface area contributed by atoms with E-state index in [2.05, 4.69) is 10.3 Å². The molecule has 30 heavy (non-hydrogen) atoms. The quantitative estimate of drug-likeness (QED) is 0.406. The van der Waals surface area contributed by atoms with Gasteiger partial charge in [0.05, 0.1) is 17.7 Å². The number of halogens is 2. The van der Waals surface area contributed by atoms with Gasteiger partial charge in [-0.3, -0.25) is 4.79 Å². The number of ether oxygens (including phenoxy) is 2. The van der Waals surface area contributed by atoms with E-state index in [9.17, 15) is 4.79 Å². The van der Waals surface area contributed by atoms with Crippen molar-refractivity contribution in [2.75, 3.05) is 19.0 Å². The third-order valence-electron chi connectivity index (χ3n) is 4.26. The second-order valence-electron chi connectivity index (χ2n) is 6.31. The predicted molar refractivity (Wildman–Crippen MR) is 117 cm³/mol. The number of oxazole rings is 1. The molecule has 4 aromatic rings. The number of para-hydroxylation sites is 1. The molecule has 4 rings (SSSR count). The van der Waals surface area contributed by atoms with Crippen LogP contribution in [0.25, 0.3) is 22.6 Å². The number of nitrogens with one attached hydrogen (secondary N) is 1. The van der Waals surface area contributed by atoms with E-state index in [4.69, 9.17) is 37.1 Å². The van der Waals surface area contributed by atoms with Crippen LogP contribution in [-0.4, -0.2) is 24.6 Å². The Morgan fingerprint density at radius 2 is 1.90 bits per heavy atom. The molecule has 0 bridgehead atoms. The lowest BCUT2D eigenvalue weighted by Crippen LogP contribution is -2.20. The highest BCUT2D eigenvalue weighted by molar-refractivity contribution is 6.35. The third-order valence-corrected chi connectivity index (χ3v) is 4.79. The first kappa shape index (κ1) is 20.1. The van der Waals surface area contributed by atoms with Crippen LogP contribution in [0.3, 0.4) is 0 Å². The Bertz CT molecular complexity index is 1220. The number of hydrogen-bond acceptors (Lipinski definition) is 5. The minimum absolute atomic E-state index is 0.206. The summed E-state index contributed by atoms with van der Waals surface area (Å²) < 4.78 is 16.7. The number of carbonyl (C=O) groups is 1. The molecule has 6 nitrogen and oxygen atoms in total. The Labute approximate surface area is 182 Å². The molecule has 0 atom stereocenters. The monoisotopic (exact) mass is 442 g/mol. The van der Waals surface area contributed by atoms with Gasteiger partial charge in [-0.15, -0.1) is 0 Å². The second kappa shape index (κ2) is 8.65. The summed E-state index contributed by atoms with van der Waals surface area (Å²) in [6, 6.07) is 17.5. The van der Waals surface area contributed by atoms with Crippen LogP contribution in [0.2, 0.25) is 10.0 Å². The van der Waals surface area contributed by atoms with Crippen LogP contribution < -0.4 is 14.8 Å². The van der Waals surface area contributed by atoms with Gasteiger partial charge in [0.2, 0.25) is 5.89 Å². The molecule has 8 heteroatoms. The number of nitrogens with zero attached hydrogens (tertiary/aromatic N) is 1. The molecule has 1 N–H and O–H groups in total. The predicted octanol–water partition coefficient (Wildman–Crippen LogP) is 5.83. The summed E-state index contributed by atoms with van der Waals surface area (Å²) in [5.74, 6) is 1.13. The maximum atomic E-state index is 12.2. The molecule has 3 aromatic carbocycles. The maximum absolute atomic E-state index is 12.2. The van der Waals surface area contributed by atoms with E-state index in [0.29, 0.717) is 44.2 Å². The Morgan fingerprint density at radius 3 is 2.70 bits per heavy atom. The fourth-order valence-corrected chi connectivity index (χ4v) is 3.33. The lowest BCUT2D eigenvalue weighted by atomic mass is 10.2. The molecule has 1 heterocycles. The highest BCUT2D eigenvalue weighted by Crippen LogP contribution is 2.32. The Hall–Kier alpha value is -3.22. The van der Waals surface area contributed by atoms with Gasteiger partial charge in [-0.25, -0.2) is 4.98 Å². The van der Waals surface area contributed by atoms with Crippen molar-refractivity contribution in [3.63, 3.8) is 0 Å². The molecular formula is C22H16Cl2N2O4. The van der Waals surface area contributed by atoms with Gasteiger partial charge >= 0.3 is 0 Å². The second-order valence-corrected chi connectivity index (χ2v) is 7.16. The molecule has 152 valence electrons. The Balaban J connectivity index is 1.47. The van der Waals surface area contributed by atoms with Gasteiger partial charge in [0.1, 0.15) is 17.0 Å². The van der Waals surface area contributed by atoms with Gasteiger partial charge < -0.3 is 19.2 Å². The van der Waals surface area contributed by atoms with E-state index < -0.39 is 0 Å². The van der Waals surface area contributed by atoms with Crippen LogP contribution in [-0.2, 0) is 4.79 Å². The lowest BCUT2D eigenvalue weighted by Gasteiger charge is -2.09. The third kappa shape index (κ3) is 4.35. The molecule has 0 aliphatic heterocycles. The fourth-order valence-electron chi connectivity index (χ4n) is 2.87. The minimum atomic E-state index is -0.343. The van der Waals surface area contributed by atoms with E-state index >= 15 is 0 Å². The van der Waals surface area contributed by atoms with Crippen molar-refractivity contribution in [3.8, 4) is 23.0 Å². The van der Waals surface area contributed by atoms with Crippen LogP contribution in [0, 0.1) is 0 Å². The molecule has 1 aromatic heterocycles. The summed E-state index contributed by atoms with van der Waals surface area (Å²) in [7, 11) is 1.59.